The maximum Gasteiger partial charge on any atom is 0.342 e. The van der Waals surface area contributed by atoms with Crippen molar-refractivity contribution < 1.29 is 19.1 Å². The molecule has 16 heavy (non-hydrogen) atoms. The van der Waals surface area contributed by atoms with Gasteiger partial charge in [0.25, 0.3) is 0 Å². The molecule has 1 aromatic carbocycles. The largest absolute Gasteiger partial charge is 0.496 e. The molecule has 0 saturated heterocycles. The first kappa shape index (κ1) is 10.7. The van der Waals surface area contributed by atoms with Gasteiger partial charge in [-0.3, -0.25) is 4.79 Å². The fourth-order valence-electron chi connectivity index (χ4n) is 2.00. The molecule has 0 saturated carbocycles. The Morgan fingerprint density at radius 2 is 2.00 bits per heavy atom. The number of Topliss-reactive ketones (excluding diaryl/α,β-unsaturated/α-hetero) is 1. The first-order valence-electron chi connectivity index (χ1n) is 5.00. The van der Waals surface area contributed by atoms with Gasteiger partial charge in [0.15, 0.2) is 5.78 Å². The predicted molar refractivity (Wildman–Crippen MR) is 57.0 cm³/mol. The summed E-state index contributed by atoms with van der Waals surface area (Å²) < 4.78 is 9.77. The normalized spacial score (nSPS) is 13.5. The topological polar surface area (TPSA) is 52.6 Å². The third kappa shape index (κ3) is 1.46. The van der Waals surface area contributed by atoms with E-state index >= 15 is 0 Å². The lowest BCUT2D eigenvalue weighted by Gasteiger charge is -2.10. The summed E-state index contributed by atoms with van der Waals surface area (Å²) in [5.74, 6) is -0.154. The van der Waals surface area contributed by atoms with Crippen molar-refractivity contribution in [2.24, 2.45) is 0 Å². The minimum absolute atomic E-state index is 0.0192. The van der Waals surface area contributed by atoms with E-state index in [0.29, 0.717) is 24.2 Å². The molecule has 0 unspecified atom stereocenters. The first-order valence-corrected chi connectivity index (χ1v) is 5.00. The Morgan fingerprint density at radius 3 is 2.62 bits per heavy atom. The Bertz CT molecular complexity index is 462. The van der Waals surface area contributed by atoms with Gasteiger partial charge < -0.3 is 9.47 Å². The Hall–Kier alpha value is -1.84. The molecule has 1 aliphatic carbocycles. The maximum absolute atomic E-state index is 11.7. The van der Waals surface area contributed by atoms with Gasteiger partial charge in [-0.05, 0) is 18.1 Å². The Labute approximate surface area is 93.2 Å². The van der Waals surface area contributed by atoms with Crippen molar-refractivity contribution in [2.75, 3.05) is 14.2 Å². The summed E-state index contributed by atoms with van der Waals surface area (Å²) in [5, 5.41) is 0. The molecule has 0 fully saturated rings. The zero-order valence-electron chi connectivity index (χ0n) is 9.20. The quantitative estimate of drug-likeness (QED) is 0.710. The van der Waals surface area contributed by atoms with E-state index in [4.69, 9.17) is 4.74 Å². The number of aryl methyl sites for hydroxylation is 1. The van der Waals surface area contributed by atoms with Crippen molar-refractivity contribution in [3.05, 3.63) is 28.8 Å². The van der Waals surface area contributed by atoms with Crippen LogP contribution in [0.25, 0.3) is 0 Å². The van der Waals surface area contributed by atoms with Gasteiger partial charge in [-0.2, -0.15) is 0 Å². The Morgan fingerprint density at radius 1 is 1.25 bits per heavy atom. The Kier molecular flexibility index (Phi) is 2.64. The van der Waals surface area contributed by atoms with E-state index in [1.54, 1.807) is 6.07 Å². The summed E-state index contributed by atoms with van der Waals surface area (Å²) in [7, 11) is 2.76. The second-order valence-corrected chi connectivity index (χ2v) is 3.59. The van der Waals surface area contributed by atoms with Crippen molar-refractivity contribution in [3.8, 4) is 5.75 Å². The zero-order valence-corrected chi connectivity index (χ0v) is 9.20. The number of hydrogen-bond acceptors (Lipinski definition) is 4. The van der Waals surface area contributed by atoms with E-state index in [-0.39, 0.29) is 11.3 Å². The molecule has 4 heteroatoms. The van der Waals surface area contributed by atoms with Crippen molar-refractivity contribution in [3.63, 3.8) is 0 Å². The standard InChI is InChI=1S/C12H12O4/c1-15-9-6-4-7-3-5-8(13)10(7)11(9)12(14)16-2/h4,6H,3,5H2,1-2H3. The highest BCUT2D eigenvalue weighted by Gasteiger charge is 2.29. The SMILES string of the molecule is COC(=O)c1c(OC)ccc2c1C(=O)CC2. The van der Waals surface area contributed by atoms with Crippen molar-refractivity contribution in [1.29, 1.82) is 0 Å². The van der Waals surface area contributed by atoms with Crippen LogP contribution in [0.5, 0.6) is 5.75 Å². The van der Waals surface area contributed by atoms with Gasteiger partial charge in [0.2, 0.25) is 0 Å². The molecule has 0 N–H and O–H groups in total. The van der Waals surface area contributed by atoms with Crippen LogP contribution < -0.4 is 4.74 Å². The highest BCUT2D eigenvalue weighted by Crippen LogP contribution is 2.32. The number of methoxy groups -OCH3 is 2. The summed E-state index contributed by atoms with van der Waals surface area (Å²) in [5.41, 5.74) is 1.61. The molecule has 1 aromatic rings. The van der Waals surface area contributed by atoms with Gasteiger partial charge in [-0.1, -0.05) is 6.07 Å². The second kappa shape index (κ2) is 3.96. The summed E-state index contributed by atoms with van der Waals surface area (Å²) in [6.07, 6.45) is 1.13. The lowest BCUT2D eigenvalue weighted by Crippen LogP contribution is -2.10. The summed E-state index contributed by atoms with van der Waals surface area (Å²) >= 11 is 0. The summed E-state index contributed by atoms with van der Waals surface area (Å²) in [6.45, 7) is 0. The Balaban J connectivity index is 2.67. The molecular weight excluding hydrogens is 208 g/mol. The highest BCUT2D eigenvalue weighted by atomic mass is 16.5. The summed E-state index contributed by atoms with van der Waals surface area (Å²) in [4.78, 5) is 23.4. The fraction of sp³-hybridized carbons (Fsp3) is 0.333. The first-order chi connectivity index (χ1) is 7.69. The van der Waals surface area contributed by atoms with E-state index in [1.807, 2.05) is 6.07 Å². The molecule has 0 heterocycles. The third-order valence-corrected chi connectivity index (χ3v) is 2.76. The van der Waals surface area contributed by atoms with Crippen LogP contribution >= 0.6 is 0 Å². The highest BCUT2D eigenvalue weighted by molar-refractivity contribution is 6.10. The lowest BCUT2D eigenvalue weighted by atomic mass is 10.0. The lowest BCUT2D eigenvalue weighted by molar-refractivity contribution is 0.0593. The molecule has 0 spiro atoms. The molecule has 0 atom stereocenters. The monoisotopic (exact) mass is 220 g/mol. The van der Waals surface area contributed by atoms with Gasteiger partial charge >= 0.3 is 5.97 Å². The second-order valence-electron chi connectivity index (χ2n) is 3.59. The number of ketones is 1. The molecule has 0 radical (unpaired) electrons. The van der Waals surface area contributed by atoms with E-state index in [1.165, 1.54) is 14.2 Å². The zero-order chi connectivity index (χ0) is 11.7. The number of ether oxygens (including phenoxy) is 2. The number of rotatable bonds is 2. The van der Waals surface area contributed by atoms with Gasteiger partial charge in [0.05, 0.1) is 14.2 Å². The third-order valence-electron chi connectivity index (χ3n) is 2.76. The molecule has 0 amide bonds. The molecule has 0 aliphatic heterocycles. The summed E-state index contributed by atoms with van der Waals surface area (Å²) in [6, 6.07) is 3.52. The molecule has 4 nitrogen and oxygen atoms in total. The van der Waals surface area contributed by atoms with Crippen LogP contribution in [0.2, 0.25) is 0 Å². The fourth-order valence-corrected chi connectivity index (χ4v) is 2.00. The van der Waals surface area contributed by atoms with Gasteiger partial charge in [-0.25, -0.2) is 4.79 Å². The van der Waals surface area contributed by atoms with E-state index < -0.39 is 5.97 Å². The number of esters is 1. The minimum Gasteiger partial charge on any atom is -0.496 e. The van der Waals surface area contributed by atoms with E-state index in [0.717, 1.165) is 5.56 Å². The van der Waals surface area contributed by atoms with Gasteiger partial charge in [0.1, 0.15) is 11.3 Å². The van der Waals surface area contributed by atoms with Crippen LogP contribution in [0.4, 0.5) is 0 Å². The molecule has 1 aliphatic rings. The van der Waals surface area contributed by atoms with Crippen LogP contribution in [0.1, 0.15) is 32.7 Å². The smallest absolute Gasteiger partial charge is 0.342 e. The van der Waals surface area contributed by atoms with E-state index in [2.05, 4.69) is 4.74 Å². The van der Waals surface area contributed by atoms with Crippen molar-refractivity contribution in [2.45, 2.75) is 12.8 Å². The molecular formula is C12H12O4. The predicted octanol–water partition coefficient (Wildman–Crippen LogP) is 1.61. The molecule has 0 bridgehead atoms. The molecule has 2 rings (SSSR count). The van der Waals surface area contributed by atoms with Crippen LogP contribution in [0.3, 0.4) is 0 Å². The molecule has 84 valence electrons. The van der Waals surface area contributed by atoms with Gasteiger partial charge in [0, 0.05) is 12.0 Å². The maximum atomic E-state index is 11.7. The van der Waals surface area contributed by atoms with Crippen LogP contribution in [-0.4, -0.2) is 26.0 Å². The number of hydrogen-bond donors (Lipinski definition) is 0. The van der Waals surface area contributed by atoms with Crippen LogP contribution in [0, 0.1) is 0 Å². The minimum atomic E-state index is -0.524. The average Bonchev–Trinajstić information content (AvgIpc) is 2.69. The van der Waals surface area contributed by atoms with E-state index in [9.17, 15) is 9.59 Å². The number of carbonyl (C=O) groups is 2. The van der Waals surface area contributed by atoms with Gasteiger partial charge in [-0.15, -0.1) is 0 Å². The molecule has 0 aromatic heterocycles. The van der Waals surface area contributed by atoms with Crippen LogP contribution in [-0.2, 0) is 11.2 Å². The van der Waals surface area contributed by atoms with Crippen molar-refractivity contribution >= 4 is 11.8 Å². The number of carbonyl (C=O) groups excluding carboxylic acids is 2. The number of benzene rings is 1. The average molecular weight is 220 g/mol. The van der Waals surface area contributed by atoms with Crippen molar-refractivity contribution in [1.82, 2.24) is 0 Å². The number of fused-ring (bicyclic) bond motifs is 1. The van der Waals surface area contributed by atoms with Crippen LogP contribution in [0.15, 0.2) is 12.1 Å².